The molecule has 0 spiro atoms. The molecule has 2 aromatic carbocycles. The Morgan fingerprint density at radius 2 is 1.62 bits per heavy atom. The third-order valence-corrected chi connectivity index (χ3v) is 2.71. The lowest BCUT2D eigenvalue weighted by molar-refractivity contribution is 0.587. The zero-order valence-electron chi connectivity index (χ0n) is 8.68. The van der Waals surface area contributed by atoms with Crippen molar-refractivity contribution in [2.75, 3.05) is 5.73 Å². The zero-order chi connectivity index (χ0) is 11.0. The fourth-order valence-corrected chi connectivity index (χ4v) is 1.90. The monoisotopic (exact) mass is 209 g/mol. The van der Waals surface area contributed by atoms with Crippen LogP contribution in [-0.4, -0.2) is 0 Å². The van der Waals surface area contributed by atoms with Crippen LogP contribution in [0.4, 0.5) is 5.69 Å². The molecule has 0 saturated carbocycles. The molecule has 1 heterocycles. The summed E-state index contributed by atoms with van der Waals surface area (Å²) in [7, 11) is 0. The van der Waals surface area contributed by atoms with Crippen LogP contribution in [-0.2, 0) is 0 Å². The summed E-state index contributed by atoms with van der Waals surface area (Å²) >= 11 is 0. The number of nitrogens with two attached hydrogens (primary N) is 1. The highest BCUT2D eigenvalue weighted by Crippen LogP contribution is 2.33. The lowest BCUT2D eigenvalue weighted by atomic mass is 10.1. The van der Waals surface area contributed by atoms with Gasteiger partial charge in [0.2, 0.25) is 0 Å². The SMILES string of the molecule is Nc1ccccc1-c1occ2ccccc12. The van der Waals surface area contributed by atoms with Crippen molar-refractivity contribution in [3.05, 3.63) is 54.8 Å². The van der Waals surface area contributed by atoms with Gasteiger partial charge in [0.05, 0.1) is 6.26 Å². The number of para-hydroxylation sites is 1. The molecule has 3 rings (SSSR count). The zero-order valence-corrected chi connectivity index (χ0v) is 8.68. The van der Waals surface area contributed by atoms with Gasteiger partial charge in [0, 0.05) is 22.0 Å². The fourth-order valence-electron chi connectivity index (χ4n) is 1.90. The van der Waals surface area contributed by atoms with Crippen molar-refractivity contribution in [2.24, 2.45) is 0 Å². The largest absolute Gasteiger partial charge is 0.463 e. The number of hydrogen-bond donors (Lipinski definition) is 1. The van der Waals surface area contributed by atoms with E-state index >= 15 is 0 Å². The number of anilines is 1. The predicted molar refractivity (Wildman–Crippen MR) is 66.1 cm³/mol. The van der Waals surface area contributed by atoms with Gasteiger partial charge in [0.25, 0.3) is 0 Å². The Hall–Kier alpha value is -2.22. The van der Waals surface area contributed by atoms with E-state index in [1.807, 2.05) is 48.5 Å². The molecular formula is C14H11NO. The molecule has 2 N–H and O–H groups in total. The van der Waals surface area contributed by atoms with Crippen LogP contribution in [0.15, 0.2) is 59.2 Å². The molecule has 0 atom stereocenters. The van der Waals surface area contributed by atoms with E-state index < -0.39 is 0 Å². The van der Waals surface area contributed by atoms with Crippen molar-refractivity contribution >= 4 is 16.5 Å². The van der Waals surface area contributed by atoms with E-state index in [-0.39, 0.29) is 0 Å². The fraction of sp³-hybridized carbons (Fsp3) is 0. The van der Waals surface area contributed by atoms with Crippen LogP contribution in [0.1, 0.15) is 0 Å². The molecule has 0 bridgehead atoms. The molecular weight excluding hydrogens is 198 g/mol. The molecule has 78 valence electrons. The molecule has 2 heteroatoms. The average Bonchev–Trinajstić information content (AvgIpc) is 2.74. The maximum absolute atomic E-state index is 5.94. The summed E-state index contributed by atoms with van der Waals surface area (Å²) in [6.07, 6.45) is 1.76. The maximum atomic E-state index is 5.94. The lowest BCUT2D eigenvalue weighted by Gasteiger charge is -2.01. The molecule has 2 nitrogen and oxygen atoms in total. The third kappa shape index (κ3) is 1.27. The summed E-state index contributed by atoms with van der Waals surface area (Å²) in [6, 6.07) is 15.8. The molecule has 0 saturated heterocycles. The number of rotatable bonds is 1. The van der Waals surface area contributed by atoms with Crippen LogP contribution >= 0.6 is 0 Å². The van der Waals surface area contributed by atoms with E-state index in [9.17, 15) is 0 Å². The van der Waals surface area contributed by atoms with Gasteiger partial charge >= 0.3 is 0 Å². The standard InChI is InChI=1S/C14H11NO/c15-13-8-4-3-7-12(13)14-11-6-2-1-5-10(11)9-16-14/h1-9H,15H2. The second-order valence-corrected chi connectivity index (χ2v) is 3.74. The van der Waals surface area contributed by atoms with Crippen molar-refractivity contribution in [3.8, 4) is 11.3 Å². The first-order chi connectivity index (χ1) is 7.86. The lowest BCUT2D eigenvalue weighted by Crippen LogP contribution is -1.87. The van der Waals surface area contributed by atoms with Crippen molar-refractivity contribution in [1.29, 1.82) is 0 Å². The molecule has 0 aliphatic rings. The first kappa shape index (κ1) is 9.04. The summed E-state index contributed by atoms with van der Waals surface area (Å²) in [4.78, 5) is 0. The van der Waals surface area contributed by atoms with Crippen molar-refractivity contribution < 1.29 is 4.42 Å². The number of hydrogen-bond acceptors (Lipinski definition) is 2. The Kier molecular flexibility index (Phi) is 1.93. The molecule has 1 aromatic heterocycles. The Balaban J connectivity index is 2.31. The quantitative estimate of drug-likeness (QED) is 0.621. The third-order valence-electron chi connectivity index (χ3n) is 2.71. The average molecular weight is 209 g/mol. The predicted octanol–water partition coefficient (Wildman–Crippen LogP) is 3.68. The van der Waals surface area contributed by atoms with Crippen molar-refractivity contribution in [2.45, 2.75) is 0 Å². The van der Waals surface area contributed by atoms with Gasteiger partial charge in [-0.05, 0) is 12.1 Å². The highest BCUT2D eigenvalue weighted by Gasteiger charge is 2.09. The van der Waals surface area contributed by atoms with Crippen molar-refractivity contribution in [3.63, 3.8) is 0 Å². The van der Waals surface area contributed by atoms with Gasteiger partial charge in [-0.3, -0.25) is 0 Å². The van der Waals surface area contributed by atoms with Crippen LogP contribution in [0.5, 0.6) is 0 Å². The first-order valence-corrected chi connectivity index (χ1v) is 5.17. The highest BCUT2D eigenvalue weighted by atomic mass is 16.3. The summed E-state index contributed by atoms with van der Waals surface area (Å²) in [5.41, 5.74) is 7.63. The number of furan rings is 1. The van der Waals surface area contributed by atoms with E-state index in [4.69, 9.17) is 10.2 Å². The van der Waals surface area contributed by atoms with Gasteiger partial charge < -0.3 is 10.2 Å². The van der Waals surface area contributed by atoms with E-state index in [0.29, 0.717) is 0 Å². The van der Waals surface area contributed by atoms with Gasteiger partial charge in [-0.25, -0.2) is 0 Å². The first-order valence-electron chi connectivity index (χ1n) is 5.17. The van der Waals surface area contributed by atoms with Crippen LogP contribution in [0, 0.1) is 0 Å². The van der Waals surface area contributed by atoms with Gasteiger partial charge in [0.15, 0.2) is 0 Å². The highest BCUT2D eigenvalue weighted by molar-refractivity contribution is 5.96. The molecule has 16 heavy (non-hydrogen) atoms. The van der Waals surface area contributed by atoms with Gasteiger partial charge in [0.1, 0.15) is 5.76 Å². The molecule has 0 unspecified atom stereocenters. The van der Waals surface area contributed by atoms with Crippen LogP contribution < -0.4 is 5.73 Å². The van der Waals surface area contributed by atoms with Crippen molar-refractivity contribution in [1.82, 2.24) is 0 Å². The number of fused-ring (bicyclic) bond motifs is 1. The van der Waals surface area contributed by atoms with Gasteiger partial charge in [-0.2, -0.15) is 0 Å². The smallest absolute Gasteiger partial charge is 0.143 e. The maximum Gasteiger partial charge on any atom is 0.143 e. The minimum Gasteiger partial charge on any atom is -0.463 e. The van der Waals surface area contributed by atoms with Gasteiger partial charge in [-0.15, -0.1) is 0 Å². The molecule has 0 fully saturated rings. The topological polar surface area (TPSA) is 39.2 Å². The minimum atomic E-state index is 0.739. The Morgan fingerprint density at radius 1 is 0.875 bits per heavy atom. The summed E-state index contributed by atoms with van der Waals surface area (Å²) in [6.45, 7) is 0. The van der Waals surface area contributed by atoms with E-state index in [1.54, 1.807) is 6.26 Å². The second-order valence-electron chi connectivity index (χ2n) is 3.74. The second kappa shape index (κ2) is 3.42. The van der Waals surface area contributed by atoms with Crippen LogP contribution in [0.25, 0.3) is 22.1 Å². The Bertz CT molecular complexity index is 640. The number of nitrogen functional groups attached to an aromatic ring is 1. The molecule has 0 radical (unpaired) electrons. The van der Waals surface area contributed by atoms with E-state index in [0.717, 1.165) is 27.8 Å². The molecule has 0 aliphatic heterocycles. The number of benzene rings is 2. The Labute approximate surface area is 93.3 Å². The molecule has 0 amide bonds. The van der Waals surface area contributed by atoms with Gasteiger partial charge in [-0.1, -0.05) is 36.4 Å². The normalized spacial score (nSPS) is 10.8. The molecule has 0 aliphatic carbocycles. The summed E-state index contributed by atoms with van der Waals surface area (Å²) in [5.74, 6) is 0.841. The molecule has 3 aromatic rings. The van der Waals surface area contributed by atoms with E-state index in [1.165, 1.54) is 0 Å². The van der Waals surface area contributed by atoms with E-state index in [2.05, 4.69) is 0 Å². The summed E-state index contributed by atoms with van der Waals surface area (Å²) < 4.78 is 5.60. The van der Waals surface area contributed by atoms with Crippen LogP contribution in [0.3, 0.4) is 0 Å². The van der Waals surface area contributed by atoms with Crippen LogP contribution in [0.2, 0.25) is 0 Å². The summed E-state index contributed by atoms with van der Waals surface area (Å²) in [5, 5.41) is 2.20. The minimum absolute atomic E-state index is 0.739. The Morgan fingerprint density at radius 3 is 2.50 bits per heavy atom.